The molecule has 5 heteroatoms. The minimum Gasteiger partial charge on any atom is -0.394 e. The van der Waals surface area contributed by atoms with Crippen LogP contribution in [0.3, 0.4) is 0 Å². The summed E-state index contributed by atoms with van der Waals surface area (Å²) in [6, 6.07) is 4.79. The Bertz CT molecular complexity index is 745. The first-order chi connectivity index (χ1) is 10.1. The van der Waals surface area contributed by atoms with Crippen LogP contribution in [0.15, 0.2) is 24.3 Å². The van der Waals surface area contributed by atoms with E-state index in [0.717, 1.165) is 48.1 Å². The summed E-state index contributed by atoms with van der Waals surface area (Å²) in [5, 5.41) is 15.3. The fraction of sp³-hybridized carbons (Fsp3) is 0.438. The van der Waals surface area contributed by atoms with E-state index in [1.165, 1.54) is 12.1 Å². The zero-order chi connectivity index (χ0) is 14.6. The topological polar surface area (TPSA) is 41.3 Å². The molecular formula is C16H18FN3O. The maximum Gasteiger partial charge on any atom is 0.125 e. The quantitative estimate of drug-likeness (QED) is 0.941. The van der Waals surface area contributed by atoms with Crippen LogP contribution >= 0.6 is 0 Å². The largest absolute Gasteiger partial charge is 0.394 e. The summed E-state index contributed by atoms with van der Waals surface area (Å²) in [5.41, 5.74) is 2.68. The summed E-state index contributed by atoms with van der Waals surface area (Å²) in [6.45, 7) is 1.11. The van der Waals surface area contributed by atoms with Gasteiger partial charge in [-0.25, -0.2) is 4.39 Å². The van der Waals surface area contributed by atoms with Gasteiger partial charge in [-0.3, -0.25) is 4.68 Å². The van der Waals surface area contributed by atoms with Gasteiger partial charge >= 0.3 is 0 Å². The van der Waals surface area contributed by atoms with Gasteiger partial charge in [0.05, 0.1) is 23.4 Å². The molecule has 1 saturated carbocycles. The van der Waals surface area contributed by atoms with E-state index in [-0.39, 0.29) is 18.0 Å². The number of aryl methyl sites for hydroxylation is 1. The Morgan fingerprint density at radius 2 is 2.19 bits per heavy atom. The lowest BCUT2D eigenvalue weighted by Gasteiger charge is -2.30. The fourth-order valence-electron chi connectivity index (χ4n) is 3.36. The lowest BCUT2D eigenvalue weighted by Crippen LogP contribution is -2.37. The first kappa shape index (κ1) is 12.8. The Morgan fingerprint density at radius 1 is 1.38 bits per heavy atom. The molecule has 0 atom stereocenters. The Labute approximate surface area is 122 Å². The number of hydrogen-bond acceptors (Lipinski definition) is 3. The number of halogens is 1. The smallest absolute Gasteiger partial charge is 0.125 e. The molecule has 0 amide bonds. The molecule has 1 N–H and O–H groups in total. The van der Waals surface area contributed by atoms with Crippen molar-refractivity contribution >= 4 is 16.6 Å². The van der Waals surface area contributed by atoms with Crippen LogP contribution in [-0.2, 0) is 7.05 Å². The first-order valence-corrected chi connectivity index (χ1v) is 7.36. The molecule has 1 fully saturated rings. The van der Waals surface area contributed by atoms with Gasteiger partial charge in [0.15, 0.2) is 0 Å². The third kappa shape index (κ3) is 1.80. The standard InChI is InChI=1S/C16H18FN3O/c1-19-14-9-11(17)4-5-12(14)15(18-19)13-3-2-8-20(13)16(10-21)6-7-16/h3-5,9,21H,2,6-8,10H2,1H3. The van der Waals surface area contributed by atoms with Crippen molar-refractivity contribution in [2.45, 2.75) is 24.8 Å². The molecule has 0 radical (unpaired) electrons. The second-order valence-corrected chi connectivity index (χ2v) is 6.05. The zero-order valence-electron chi connectivity index (χ0n) is 12.0. The summed E-state index contributed by atoms with van der Waals surface area (Å²) in [5.74, 6) is -0.247. The van der Waals surface area contributed by atoms with Crippen LogP contribution in [-0.4, -0.2) is 38.5 Å². The van der Waals surface area contributed by atoms with E-state index < -0.39 is 0 Å². The van der Waals surface area contributed by atoms with Gasteiger partial charge in [-0.2, -0.15) is 5.10 Å². The van der Waals surface area contributed by atoms with Crippen LogP contribution in [0.4, 0.5) is 4.39 Å². The highest BCUT2D eigenvalue weighted by Gasteiger charge is 2.49. The van der Waals surface area contributed by atoms with Gasteiger partial charge in [0.1, 0.15) is 11.5 Å². The molecule has 1 aromatic carbocycles. The van der Waals surface area contributed by atoms with Crippen molar-refractivity contribution < 1.29 is 9.50 Å². The Morgan fingerprint density at radius 3 is 2.90 bits per heavy atom. The molecular weight excluding hydrogens is 269 g/mol. The average molecular weight is 287 g/mol. The summed E-state index contributed by atoms with van der Waals surface area (Å²) >= 11 is 0. The predicted molar refractivity (Wildman–Crippen MR) is 79.0 cm³/mol. The average Bonchev–Trinajstić information content (AvgIpc) is 3.01. The predicted octanol–water partition coefficient (Wildman–Crippen LogP) is 2.28. The van der Waals surface area contributed by atoms with Crippen LogP contribution in [0.5, 0.6) is 0 Å². The van der Waals surface area contributed by atoms with E-state index in [1.807, 2.05) is 7.05 Å². The number of hydrogen-bond donors (Lipinski definition) is 1. The van der Waals surface area contributed by atoms with E-state index in [0.29, 0.717) is 0 Å². The van der Waals surface area contributed by atoms with Gasteiger partial charge in [0.25, 0.3) is 0 Å². The number of benzene rings is 1. The molecule has 0 saturated heterocycles. The highest BCUT2D eigenvalue weighted by molar-refractivity contribution is 5.91. The second kappa shape index (κ2) is 4.31. The normalized spacial score (nSPS) is 20.1. The number of nitrogens with zero attached hydrogens (tertiary/aromatic N) is 3. The number of rotatable bonds is 3. The molecule has 1 aliphatic carbocycles. The van der Waals surface area contributed by atoms with E-state index in [2.05, 4.69) is 16.1 Å². The van der Waals surface area contributed by atoms with Crippen molar-refractivity contribution in [1.29, 1.82) is 0 Å². The van der Waals surface area contributed by atoms with Gasteiger partial charge < -0.3 is 10.0 Å². The highest BCUT2D eigenvalue weighted by atomic mass is 19.1. The number of fused-ring (bicyclic) bond motifs is 1. The van der Waals surface area contributed by atoms with Gasteiger partial charge in [0.2, 0.25) is 0 Å². The lowest BCUT2D eigenvalue weighted by molar-refractivity contribution is 0.161. The molecule has 21 heavy (non-hydrogen) atoms. The molecule has 2 aromatic rings. The van der Waals surface area contributed by atoms with E-state index >= 15 is 0 Å². The summed E-state index contributed by atoms with van der Waals surface area (Å²) < 4.78 is 15.2. The Kier molecular flexibility index (Phi) is 2.63. The zero-order valence-corrected chi connectivity index (χ0v) is 12.0. The van der Waals surface area contributed by atoms with Crippen molar-refractivity contribution in [2.75, 3.05) is 13.2 Å². The third-order valence-corrected chi connectivity index (χ3v) is 4.73. The molecule has 1 aliphatic heterocycles. The van der Waals surface area contributed by atoms with Crippen molar-refractivity contribution in [2.24, 2.45) is 7.05 Å². The lowest BCUT2D eigenvalue weighted by atomic mass is 10.1. The fourth-order valence-corrected chi connectivity index (χ4v) is 3.36. The summed E-state index contributed by atoms with van der Waals surface area (Å²) in [4.78, 5) is 2.29. The highest BCUT2D eigenvalue weighted by Crippen LogP contribution is 2.47. The molecule has 0 bridgehead atoms. The third-order valence-electron chi connectivity index (χ3n) is 4.73. The molecule has 2 heterocycles. The van der Waals surface area contributed by atoms with Crippen molar-refractivity contribution in [3.63, 3.8) is 0 Å². The maximum absolute atomic E-state index is 13.4. The monoisotopic (exact) mass is 287 g/mol. The maximum atomic E-state index is 13.4. The Balaban J connectivity index is 1.83. The van der Waals surface area contributed by atoms with Gasteiger partial charge in [-0.05, 0) is 37.5 Å². The van der Waals surface area contributed by atoms with Crippen LogP contribution < -0.4 is 0 Å². The minimum absolute atomic E-state index is 0.0911. The molecule has 1 aromatic heterocycles. The Hall–Kier alpha value is -1.88. The second-order valence-electron chi connectivity index (χ2n) is 6.05. The minimum atomic E-state index is -0.247. The molecule has 4 nitrogen and oxygen atoms in total. The van der Waals surface area contributed by atoms with Crippen molar-refractivity contribution in [1.82, 2.24) is 14.7 Å². The molecule has 2 aliphatic rings. The number of aromatic nitrogens is 2. The van der Waals surface area contributed by atoms with Gasteiger partial charge in [-0.1, -0.05) is 6.08 Å². The van der Waals surface area contributed by atoms with E-state index in [9.17, 15) is 9.50 Å². The molecule has 4 rings (SSSR count). The number of aliphatic hydroxyl groups is 1. The van der Waals surface area contributed by atoms with Crippen molar-refractivity contribution in [3.8, 4) is 0 Å². The number of aliphatic hydroxyl groups excluding tert-OH is 1. The van der Waals surface area contributed by atoms with Gasteiger partial charge in [0, 0.05) is 19.0 Å². The van der Waals surface area contributed by atoms with Crippen molar-refractivity contribution in [3.05, 3.63) is 35.8 Å². The molecule has 110 valence electrons. The van der Waals surface area contributed by atoms with Gasteiger partial charge in [-0.15, -0.1) is 0 Å². The summed E-state index contributed by atoms with van der Waals surface area (Å²) in [7, 11) is 1.84. The molecule has 0 unspecified atom stereocenters. The van der Waals surface area contributed by atoms with Crippen LogP contribution in [0.25, 0.3) is 16.6 Å². The van der Waals surface area contributed by atoms with Crippen LogP contribution in [0.2, 0.25) is 0 Å². The van der Waals surface area contributed by atoms with Crippen LogP contribution in [0, 0.1) is 5.82 Å². The molecule has 0 spiro atoms. The summed E-state index contributed by atoms with van der Waals surface area (Å²) in [6.07, 6.45) is 5.21. The first-order valence-electron chi connectivity index (χ1n) is 7.36. The van der Waals surface area contributed by atoms with E-state index in [4.69, 9.17) is 0 Å². The SMILES string of the molecule is Cn1nc(C2=CCCN2C2(CO)CC2)c2ccc(F)cc21. The van der Waals surface area contributed by atoms with Crippen LogP contribution in [0.1, 0.15) is 25.0 Å². The van der Waals surface area contributed by atoms with E-state index in [1.54, 1.807) is 10.7 Å².